The molecule has 0 atom stereocenters. The number of aryl methyl sites for hydroxylation is 1. The number of anilines is 1. The van der Waals surface area contributed by atoms with Gasteiger partial charge in [0, 0.05) is 20.9 Å². The van der Waals surface area contributed by atoms with E-state index in [1.54, 1.807) is 11.8 Å². The normalized spacial score (nSPS) is 12.7. The van der Waals surface area contributed by atoms with E-state index in [1.165, 1.54) is 0 Å². The number of pyridine rings is 1. The third kappa shape index (κ3) is 4.82. The van der Waals surface area contributed by atoms with Crippen LogP contribution in [0.25, 0.3) is 10.9 Å². The van der Waals surface area contributed by atoms with Gasteiger partial charge in [0.25, 0.3) is 5.91 Å². The van der Waals surface area contributed by atoms with E-state index in [4.69, 9.17) is 9.72 Å². The summed E-state index contributed by atoms with van der Waals surface area (Å²) >= 11 is 1.56. The number of nitrogens with one attached hydrogen (secondary N) is 1. The van der Waals surface area contributed by atoms with Gasteiger partial charge in [-0.25, -0.2) is 4.79 Å². The second-order valence-electron chi connectivity index (χ2n) is 8.17. The predicted octanol–water partition coefficient (Wildman–Crippen LogP) is 6.06. The summed E-state index contributed by atoms with van der Waals surface area (Å²) < 4.78 is 5.51. The van der Waals surface area contributed by atoms with Crippen LogP contribution in [0.2, 0.25) is 0 Å². The predicted molar refractivity (Wildman–Crippen MR) is 134 cm³/mol. The minimum absolute atomic E-state index is 0.353. The fraction of sp³-hybridized carbons (Fsp3) is 0.179. The number of carbonyl (C=O) groups is 2. The molecule has 0 bridgehead atoms. The van der Waals surface area contributed by atoms with Crippen LogP contribution in [-0.4, -0.2) is 23.5 Å². The Balaban J connectivity index is 1.31. The highest BCUT2D eigenvalue weighted by atomic mass is 32.2. The lowest BCUT2D eigenvalue weighted by molar-refractivity contribution is -0.119. The Hall–Kier alpha value is -3.64. The van der Waals surface area contributed by atoms with Crippen LogP contribution in [0.1, 0.15) is 34.5 Å². The van der Waals surface area contributed by atoms with Gasteiger partial charge in [0.1, 0.15) is 0 Å². The van der Waals surface area contributed by atoms with Gasteiger partial charge in [-0.3, -0.25) is 9.78 Å². The first-order chi connectivity index (χ1) is 16.7. The van der Waals surface area contributed by atoms with Gasteiger partial charge in [-0.2, -0.15) is 0 Å². The lowest BCUT2D eigenvalue weighted by atomic mass is 9.90. The quantitative estimate of drug-likeness (QED) is 0.348. The number of rotatable bonds is 6. The topological polar surface area (TPSA) is 68.3 Å². The number of carbonyl (C=O) groups excluding carboxylic acids is 2. The van der Waals surface area contributed by atoms with E-state index in [1.807, 2.05) is 78.9 Å². The van der Waals surface area contributed by atoms with Crippen molar-refractivity contribution >= 4 is 40.2 Å². The van der Waals surface area contributed by atoms with Crippen molar-refractivity contribution < 1.29 is 14.3 Å². The molecular formula is C28H24N2O3S. The molecule has 0 spiro atoms. The van der Waals surface area contributed by atoms with Crippen molar-refractivity contribution in [2.45, 2.75) is 35.5 Å². The molecule has 6 heteroatoms. The number of ether oxygens (including phenoxy) is 1. The molecule has 34 heavy (non-hydrogen) atoms. The molecule has 1 amide bonds. The van der Waals surface area contributed by atoms with E-state index in [9.17, 15) is 9.59 Å². The summed E-state index contributed by atoms with van der Waals surface area (Å²) in [5, 5.41) is 3.66. The van der Waals surface area contributed by atoms with E-state index >= 15 is 0 Å². The van der Waals surface area contributed by atoms with Crippen molar-refractivity contribution in [1.82, 2.24) is 4.98 Å². The molecule has 5 nitrogen and oxygen atoms in total. The first-order valence-electron chi connectivity index (χ1n) is 11.4. The molecule has 0 unspecified atom stereocenters. The van der Waals surface area contributed by atoms with Crippen LogP contribution in [0, 0.1) is 0 Å². The summed E-state index contributed by atoms with van der Waals surface area (Å²) in [6.07, 6.45) is 3.74. The molecule has 5 rings (SSSR count). The fourth-order valence-corrected chi connectivity index (χ4v) is 5.19. The Morgan fingerprint density at radius 3 is 2.50 bits per heavy atom. The van der Waals surface area contributed by atoms with Crippen molar-refractivity contribution in [2.75, 3.05) is 11.9 Å². The molecule has 1 aliphatic carbocycles. The minimum Gasteiger partial charge on any atom is -0.452 e. The molecule has 1 aliphatic rings. The lowest BCUT2D eigenvalue weighted by Gasteiger charge is -2.20. The van der Waals surface area contributed by atoms with Crippen molar-refractivity contribution in [2.24, 2.45) is 0 Å². The summed E-state index contributed by atoms with van der Waals surface area (Å²) in [6.45, 7) is -0.353. The van der Waals surface area contributed by atoms with E-state index < -0.39 is 5.97 Å². The second-order valence-corrected chi connectivity index (χ2v) is 9.29. The summed E-state index contributed by atoms with van der Waals surface area (Å²) in [5.74, 6) is -0.847. The molecule has 0 aliphatic heterocycles. The Bertz CT molecular complexity index is 1350. The first kappa shape index (κ1) is 22.2. The minimum atomic E-state index is -0.473. The van der Waals surface area contributed by atoms with Gasteiger partial charge >= 0.3 is 5.97 Å². The molecule has 0 saturated carbocycles. The van der Waals surface area contributed by atoms with Gasteiger partial charge in [-0.1, -0.05) is 60.3 Å². The summed E-state index contributed by atoms with van der Waals surface area (Å²) in [7, 11) is 0. The molecule has 1 heterocycles. The number of para-hydroxylation sites is 2. The second kappa shape index (κ2) is 10.1. The molecule has 170 valence electrons. The van der Waals surface area contributed by atoms with E-state index in [2.05, 4.69) is 5.32 Å². The van der Waals surface area contributed by atoms with Crippen LogP contribution in [0.4, 0.5) is 5.69 Å². The Kier molecular flexibility index (Phi) is 6.58. The molecule has 3 aromatic carbocycles. The van der Waals surface area contributed by atoms with Crippen LogP contribution < -0.4 is 5.32 Å². The SMILES string of the molecule is O=C(COC(=O)c1c2c(nc3ccccc13)CCCC2)Nc1ccccc1Sc1ccccc1. The Morgan fingerprint density at radius 1 is 0.882 bits per heavy atom. The molecular weight excluding hydrogens is 444 g/mol. The maximum absolute atomic E-state index is 13.2. The van der Waals surface area contributed by atoms with E-state index in [-0.39, 0.29) is 12.5 Å². The zero-order valence-corrected chi connectivity index (χ0v) is 19.4. The Morgan fingerprint density at radius 2 is 1.62 bits per heavy atom. The number of hydrogen-bond donors (Lipinski definition) is 1. The maximum atomic E-state index is 13.2. The average Bonchev–Trinajstić information content (AvgIpc) is 2.87. The van der Waals surface area contributed by atoms with Crippen LogP contribution in [0.3, 0.4) is 0 Å². The number of esters is 1. The van der Waals surface area contributed by atoms with Gasteiger partial charge in [0.2, 0.25) is 0 Å². The molecule has 1 N–H and O–H groups in total. The van der Waals surface area contributed by atoms with Crippen molar-refractivity contribution in [3.8, 4) is 0 Å². The standard InChI is InChI=1S/C28H24N2O3S/c31-26(30-24-16-8-9-17-25(24)34-19-10-2-1-3-11-19)18-33-28(32)27-20-12-4-6-14-22(20)29-23-15-7-5-13-21(23)27/h1-4,6,8-12,14,16-17H,5,7,13,15,18H2,(H,30,31). The number of amides is 1. The fourth-order valence-electron chi connectivity index (χ4n) is 4.27. The number of benzene rings is 3. The molecule has 0 fully saturated rings. The third-order valence-electron chi connectivity index (χ3n) is 5.84. The van der Waals surface area contributed by atoms with Crippen LogP contribution in [0.15, 0.2) is 88.7 Å². The number of aromatic nitrogens is 1. The highest BCUT2D eigenvalue weighted by molar-refractivity contribution is 7.99. The van der Waals surface area contributed by atoms with Crippen LogP contribution >= 0.6 is 11.8 Å². The van der Waals surface area contributed by atoms with Gasteiger partial charge in [0.05, 0.1) is 16.8 Å². The van der Waals surface area contributed by atoms with Gasteiger partial charge < -0.3 is 10.1 Å². The highest BCUT2D eigenvalue weighted by Crippen LogP contribution is 2.33. The van der Waals surface area contributed by atoms with Crippen molar-refractivity contribution in [3.63, 3.8) is 0 Å². The smallest absolute Gasteiger partial charge is 0.339 e. The maximum Gasteiger partial charge on any atom is 0.339 e. The van der Waals surface area contributed by atoms with Gasteiger partial charge in [-0.05, 0) is 61.6 Å². The largest absolute Gasteiger partial charge is 0.452 e. The van der Waals surface area contributed by atoms with E-state index in [0.717, 1.165) is 57.6 Å². The van der Waals surface area contributed by atoms with Crippen LogP contribution in [-0.2, 0) is 22.4 Å². The summed E-state index contributed by atoms with van der Waals surface area (Å²) in [5.41, 5.74) is 3.94. The summed E-state index contributed by atoms with van der Waals surface area (Å²) in [6, 6.07) is 25.2. The molecule has 0 radical (unpaired) electrons. The monoisotopic (exact) mass is 468 g/mol. The van der Waals surface area contributed by atoms with E-state index in [0.29, 0.717) is 11.3 Å². The Labute approximate surface area is 202 Å². The highest BCUT2D eigenvalue weighted by Gasteiger charge is 2.24. The van der Waals surface area contributed by atoms with Crippen molar-refractivity contribution in [3.05, 3.63) is 95.7 Å². The van der Waals surface area contributed by atoms with Crippen molar-refractivity contribution in [1.29, 1.82) is 0 Å². The molecule has 0 saturated heterocycles. The average molecular weight is 469 g/mol. The third-order valence-corrected chi connectivity index (χ3v) is 6.92. The number of nitrogens with zero attached hydrogens (tertiary/aromatic N) is 1. The first-order valence-corrected chi connectivity index (χ1v) is 12.2. The lowest BCUT2D eigenvalue weighted by Crippen LogP contribution is -2.23. The van der Waals surface area contributed by atoms with Gasteiger partial charge in [-0.15, -0.1) is 0 Å². The van der Waals surface area contributed by atoms with Gasteiger partial charge in [0.15, 0.2) is 6.61 Å². The van der Waals surface area contributed by atoms with Crippen LogP contribution in [0.5, 0.6) is 0 Å². The number of fused-ring (bicyclic) bond motifs is 2. The number of hydrogen-bond acceptors (Lipinski definition) is 5. The summed E-state index contributed by atoms with van der Waals surface area (Å²) in [4.78, 5) is 32.6. The molecule has 1 aromatic heterocycles. The zero-order chi connectivity index (χ0) is 23.3. The molecule has 4 aromatic rings. The zero-order valence-electron chi connectivity index (χ0n) is 18.6.